The number of anilines is 2. The van der Waals surface area contributed by atoms with Gasteiger partial charge in [-0.2, -0.15) is 0 Å². The molecule has 0 heterocycles. The lowest BCUT2D eigenvalue weighted by Crippen LogP contribution is -2.54. The Hall–Kier alpha value is -2.95. The van der Waals surface area contributed by atoms with E-state index < -0.39 is 31.3 Å². The van der Waals surface area contributed by atoms with E-state index in [1.165, 1.54) is 11.0 Å². The predicted octanol–water partition coefficient (Wildman–Crippen LogP) is 8.44. The Morgan fingerprint density at radius 1 is 1.05 bits per heavy atom. The molecular formula is C34H47ClN2O4Si. The molecule has 2 amide bonds. The average molecular weight is 611 g/mol. The standard InChI is InChI=1S/C34H47ClN2O4Si/c1-22(2)42(23(3)4,24(5)6)19-18-31(39)37(26-16-17-30(27(35)20-26)41-21-25-14-15-25)32(34(7,8)9)33(40)36-28-12-10-11-13-29(28)38/h10-13,16-17,20,22-25,32,38H,14-15,21H2,1-9H3,(H,36,40). The number of amides is 2. The molecule has 228 valence electrons. The van der Waals surface area contributed by atoms with Gasteiger partial charge in [0.05, 0.1) is 17.3 Å². The molecule has 0 aromatic heterocycles. The summed E-state index contributed by atoms with van der Waals surface area (Å²) < 4.78 is 5.93. The Labute approximate surface area is 258 Å². The van der Waals surface area contributed by atoms with Gasteiger partial charge in [0.25, 0.3) is 0 Å². The Kier molecular flexibility index (Phi) is 10.8. The Balaban J connectivity index is 2.14. The van der Waals surface area contributed by atoms with Crippen LogP contribution in [0.4, 0.5) is 11.4 Å². The number of hydrogen-bond donors (Lipinski definition) is 2. The number of nitrogens with zero attached hydrogens (tertiary/aromatic N) is 1. The minimum atomic E-state index is -2.24. The van der Waals surface area contributed by atoms with Crippen LogP contribution < -0.4 is 15.0 Å². The van der Waals surface area contributed by atoms with E-state index in [4.69, 9.17) is 16.3 Å². The fraction of sp³-hybridized carbons (Fsp3) is 0.529. The molecule has 1 atom stereocenters. The van der Waals surface area contributed by atoms with E-state index in [-0.39, 0.29) is 11.4 Å². The van der Waals surface area contributed by atoms with Crippen LogP contribution in [0, 0.1) is 22.8 Å². The molecule has 3 rings (SSSR count). The lowest BCUT2D eigenvalue weighted by atomic mass is 9.84. The van der Waals surface area contributed by atoms with E-state index >= 15 is 0 Å². The number of rotatable bonds is 10. The number of hydrogen-bond acceptors (Lipinski definition) is 4. The van der Waals surface area contributed by atoms with Crippen LogP contribution in [0.3, 0.4) is 0 Å². The molecule has 1 fully saturated rings. The minimum Gasteiger partial charge on any atom is -0.506 e. The summed E-state index contributed by atoms with van der Waals surface area (Å²) in [5, 5.41) is 13.6. The van der Waals surface area contributed by atoms with Gasteiger partial charge in [-0.3, -0.25) is 14.5 Å². The molecular weight excluding hydrogens is 564 g/mol. The number of aromatic hydroxyl groups is 1. The van der Waals surface area contributed by atoms with Crippen molar-refractivity contribution in [3.05, 3.63) is 47.5 Å². The van der Waals surface area contributed by atoms with Gasteiger partial charge in [0.1, 0.15) is 25.6 Å². The van der Waals surface area contributed by atoms with Crippen LogP contribution >= 0.6 is 11.6 Å². The maximum atomic E-state index is 14.3. The second-order valence-electron chi connectivity index (χ2n) is 13.5. The molecule has 0 aliphatic heterocycles. The first-order valence-corrected chi connectivity index (χ1v) is 17.6. The highest BCUT2D eigenvalue weighted by Gasteiger charge is 2.43. The summed E-state index contributed by atoms with van der Waals surface area (Å²) in [6, 6.07) is 10.8. The van der Waals surface area contributed by atoms with Gasteiger partial charge in [-0.25, -0.2) is 0 Å². The summed E-state index contributed by atoms with van der Waals surface area (Å²) in [5.74, 6) is 3.16. The number of carbonyl (C=O) groups excluding carboxylic acids is 2. The van der Waals surface area contributed by atoms with E-state index in [2.05, 4.69) is 58.3 Å². The zero-order valence-corrected chi connectivity index (χ0v) is 28.3. The lowest BCUT2D eigenvalue weighted by molar-refractivity contribution is -0.123. The highest BCUT2D eigenvalue weighted by molar-refractivity contribution is 6.90. The van der Waals surface area contributed by atoms with Crippen LogP contribution in [0.15, 0.2) is 42.5 Å². The molecule has 2 aromatic rings. The maximum absolute atomic E-state index is 14.3. The Bertz CT molecular complexity index is 1310. The van der Waals surface area contributed by atoms with E-state index in [9.17, 15) is 14.7 Å². The third kappa shape index (κ3) is 7.70. The molecule has 1 aliphatic rings. The van der Waals surface area contributed by atoms with Crippen LogP contribution in [0.5, 0.6) is 11.5 Å². The van der Waals surface area contributed by atoms with E-state index in [0.29, 0.717) is 45.6 Å². The second kappa shape index (κ2) is 13.6. The van der Waals surface area contributed by atoms with Crippen LogP contribution in [0.2, 0.25) is 21.6 Å². The van der Waals surface area contributed by atoms with E-state index in [1.807, 2.05) is 20.8 Å². The molecule has 2 aromatic carbocycles. The van der Waals surface area contributed by atoms with Gasteiger partial charge in [-0.1, -0.05) is 86.0 Å². The minimum absolute atomic E-state index is 0.0574. The molecule has 1 unspecified atom stereocenters. The first-order chi connectivity index (χ1) is 19.6. The van der Waals surface area contributed by atoms with Gasteiger partial charge in [0, 0.05) is 5.69 Å². The van der Waals surface area contributed by atoms with Crippen molar-refractivity contribution < 1.29 is 19.4 Å². The van der Waals surface area contributed by atoms with Crippen molar-refractivity contribution in [3.8, 4) is 23.0 Å². The number of ether oxygens (including phenoxy) is 1. The van der Waals surface area contributed by atoms with Crippen molar-refractivity contribution in [1.82, 2.24) is 0 Å². The molecule has 1 saturated carbocycles. The fourth-order valence-electron chi connectivity index (χ4n) is 5.97. The third-order valence-electron chi connectivity index (χ3n) is 8.32. The summed E-state index contributed by atoms with van der Waals surface area (Å²) in [5.41, 5.74) is 4.55. The number of phenols is 1. The zero-order chi connectivity index (χ0) is 31.4. The maximum Gasteiger partial charge on any atom is 0.303 e. The average Bonchev–Trinajstić information content (AvgIpc) is 3.71. The van der Waals surface area contributed by atoms with Crippen molar-refractivity contribution in [2.24, 2.45) is 11.3 Å². The van der Waals surface area contributed by atoms with Crippen LogP contribution in [0.25, 0.3) is 0 Å². The van der Waals surface area contributed by atoms with Crippen molar-refractivity contribution in [3.63, 3.8) is 0 Å². The summed E-state index contributed by atoms with van der Waals surface area (Å²) in [6.07, 6.45) is 2.31. The summed E-state index contributed by atoms with van der Waals surface area (Å²) >= 11 is 6.68. The first-order valence-electron chi connectivity index (χ1n) is 15.0. The third-order valence-corrected chi connectivity index (χ3v) is 14.9. The van der Waals surface area contributed by atoms with Crippen molar-refractivity contribution in [1.29, 1.82) is 0 Å². The fourth-order valence-corrected chi connectivity index (χ4v) is 11.4. The second-order valence-corrected chi connectivity index (χ2v) is 19.5. The summed E-state index contributed by atoms with van der Waals surface area (Å²) in [4.78, 5) is 29.7. The number of halogens is 1. The summed E-state index contributed by atoms with van der Waals surface area (Å²) in [7, 11) is -2.24. The van der Waals surface area contributed by atoms with Gasteiger partial charge in [-0.05, 0) is 77.1 Å². The van der Waals surface area contributed by atoms with Gasteiger partial charge in [0.2, 0.25) is 5.91 Å². The predicted molar refractivity (Wildman–Crippen MR) is 176 cm³/mol. The van der Waals surface area contributed by atoms with Gasteiger partial charge in [0.15, 0.2) is 0 Å². The molecule has 2 N–H and O–H groups in total. The van der Waals surface area contributed by atoms with E-state index in [0.717, 1.165) is 12.8 Å². The number of nitrogens with one attached hydrogen (secondary N) is 1. The number of benzene rings is 2. The molecule has 1 aliphatic carbocycles. The monoisotopic (exact) mass is 610 g/mol. The molecule has 0 spiro atoms. The normalized spacial score (nSPS) is 14.4. The van der Waals surface area contributed by atoms with Crippen LogP contribution in [-0.4, -0.2) is 37.6 Å². The first kappa shape index (κ1) is 33.5. The highest BCUT2D eigenvalue weighted by Crippen LogP contribution is 2.41. The van der Waals surface area contributed by atoms with E-state index in [1.54, 1.807) is 36.4 Å². The zero-order valence-electron chi connectivity index (χ0n) is 26.5. The van der Waals surface area contributed by atoms with Crippen molar-refractivity contribution in [2.45, 2.75) is 97.8 Å². The van der Waals surface area contributed by atoms with Gasteiger partial charge in [-0.15, -0.1) is 5.54 Å². The summed E-state index contributed by atoms with van der Waals surface area (Å²) in [6.45, 7) is 19.5. The molecule has 42 heavy (non-hydrogen) atoms. The topological polar surface area (TPSA) is 78.9 Å². The Morgan fingerprint density at radius 3 is 2.14 bits per heavy atom. The largest absolute Gasteiger partial charge is 0.506 e. The quantitative estimate of drug-likeness (QED) is 0.161. The number of para-hydroxylation sites is 2. The SMILES string of the molecule is CC(C)[Si](C#CC(=O)N(c1ccc(OCC2CC2)c(Cl)c1)C(C(=O)Nc1ccccc1O)C(C)(C)C)(C(C)C)C(C)C. The lowest BCUT2D eigenvalue weighted by Gasteiger charge is -2.39. The van der Waals surface area contributed by atoms with Gasteiger partial charge < -0.3 is 15.2 Å². The van der Waals surface area contributed by atoms with Crippen molar-refractivity contribution in [2.75, 3.05) is 16.8 Å². The molecule has 6 nitrogen and oxygen atoms in total. The van der Waals surface area contributed by atoms with Crippen LogP contribution in [0.1, 0.15) is 75.2 Å². The Morgan fingerprint density at radius 2 is 1.64 bits per heavy atom. The number of carbonyl (C=O) groups is 2. The molecule has 0 radical (unpaired) electrons. The molecule has 0 bridgehead atoms. The number of phenolic OH excluding ortho intramolecular Hbond substituents is 1. The highest BCUT2D eigenvalue weighted by atomic mass is 35.5. The van der Waals surface area contributed by atoms with Crippen molar-refractivity contribution >= 4 is 42.9 Å². The van der Waals surface area contributed by atoms with Gasteiger partial charge >= 0.3 is 5.91 Å². The molecule has 8 heteroatoms. The van der Waals surface area contributed by atoms with Crippen LogP contribution in [-0.2, 0) is 9.59 Å². The molecule has 0 saturated heterocycles. The smallest absolute Gasteiger partial charge is 0.303 e.